The Kier molecular flexibility index (Phi) is 4.19. The molecule has 1 rings (SSSR count). The molecule has 0 aliphatic rings. The predicted octanol–water partition coefficient (Wildman–Crippen LogP) is 1.40. The summed E-state index contributed by atoms with van der Waals surface area (Å²) >= 11 is 0. The second-order valence-electron chi connectivity index (χ2n) is 2.56. The quantitative estimate of drug-likeness (QED) is 0.560. The number of carbonyl (C=O) groups excluding carboxylic acids is 1. The third kappa shape index (κ3) is 2.89. The van der Waals surface area contributed by atoms with E-state index in [2.05, 4.69) is 11.8 Å². The van der Waals surface area contributed by atoms with Gasteiger partial charge in [0.25, 0.3) is 0 Å². The first-order valence-electron chi connectivity index (χ1n) is 4.20. The number of hydrogen-bond acceptors (Lipinski definition) is 2. The molecule has 14 heavy (non-hydrogen) atoms. The van der Waals surface area contributed by atoms with Gasteiger partial charge in [0, 0.05) is 11.1 Å². The average Bonchev–Trinajstić information content (AvgIpc) is 2.25. The van der Waals surface area contributed by atoms with Gasteiger partial charge < -0.3 is 5.11 Å². The number of carbonyl (C=O) groups is 1. The molecule has 0 radical (unpaired) electrons. The second kappa shape index (κ2) is 5.74. The van der Waals surface area contributed by atoms with E-state index in [9.17, 15) is 4.79 Å². The van der Waals surface area contributed by atoms with Gasteiger partial charge in [-0.25, -0.2) is 0 Å². The van der Waals surface area contributed by atoms with Crippen LogP contribution in [0.15, 0.2) is 36.4 Å². The van der Waals surface area contributed by atoms with Crippen LogP contribution in [-0.2, 0) is 0 Å². The summed E-state index contributed by atoms with van der Waals surface area (Å²) in [5, 5.41) is 8.45. The minimum atomic E-state index is -0.0238. The summed E-state index contributed by atoms with van der Waals surface area (Å²) in [6, 6.07) is 7.11. The number of aliphatic hydroxyl groups excluding tert-OH is 1. The highest BCUT2D eigenvalue weighted by Crippen LogP contribution is 2.03. The van der Waals surface area contributed by atoms with Crippen molar-refractivity contribution in [2.75, 3.05) is 6.61 Å². The summed E-state index contributed by atoms with van der Waals surface area (Å²) in [6.45, 7) is -0.0238. The Morgan fingerprint density at radius 2 is 2.14 bits per heavy atom. The third-order valence-corrected chi connectivity index (χ3v) is 1.60. The summed E-state index contributed by atoms with van der Waals surface area (Å²) in [5.41, 5.74) is 1.28. The number of allylic oxidation sites excluding steroid dienone is 1. The molecular weight excluding hydrogens is 176 g/mol. The number of rotatable bonds is 2. The van der Waals surface area contributed by atoms with Crippen LogP contribution in [0.1, 0.15) is 15.9 Å². The zero-order chi connectivity index (χ0) is 10.2. The Labute approximate surface area is 82.9 Å². The largest absolute Gasteiger partial charge is 0.392 e. The molecule has 0 saturated carbocycles. The summed E-state index contributed by atoms with van der Waals surface area (Å²) in [7, 11) is 0. The van der Waals surface area contributed by atoms with Crippen molar-refractivity contribution in [3.63, 3.8) is 0 Å². The Morgan fingerprint density at radius 1 is 1.36 bits per heavy atom. The number of aldehydes is 1. The highest BCUT2D eigenvalue weighted by molar-refractivity contribution is 5.79. The van der Waals surface area contributed by atoms with Crippen LogP contribution in [0.5, 0.6) is 0 Å². The van der Waals surface area contributed by atoms with Gasteiger partial charge in [-0.2, -0.15) is 0 Å². The van der Waals surface area contributed by atoms with Gasteiger partial charge in [-0.15, -0.1) is 0 Å². The van der Waals surface area contributed by atoms with E-state index in [0.29, 0.717) is 11.1 Å². The van der Waals surface area contributed by atoms with Crippen LogP contribution in [0.2, 0.25) is 0 Å². The second-order valence-corrected chi connectivity index (χ2v) is 2.56. The monoisotopic (exact) mass is 186 g/mol. The maximum absolute atomic E-state index is 10.6. The van der Waals surface area contributed by atoms with Gasteiger partial charge in [0.1, 0.15) is 0 Å². The fourth-order valence-corrected chi connectivity index (χ4v) is 0.945. The van der Waals surface area contributed by atoms with E-state index in [-0.39, 0.29) is 6.61 Å². The molecule has 2 heteroatoms. The van der Waals surface area contributed by atoms with E-state index in [0.717, 1.165) is 6.29 Å². The highest BCUT2D eigenvalue weighted by Gasteiger charge is 1.94. The molecule has 0 atom stereocenters. The first kappa shape index (κ1) is 10.2. The minimum Gasteiger partial charge on any atom is -0.392 e. The fourth-order valence-electron chi connectivity index (χ4n) is 0.945. The maximum atomic E-state index is 10.6. The zero-order valence-corrected chi connectivity index (χ0v) is 7.60. The lowest BCUT2D eigenvalue weighted by atomic mass is 10.1. The Bertz CT molecular complexity index is 394. The van der Waals surface area contributed by atoms with Crippen LogP contribution in [-0.4, -0.2) is 18.0 Å². The van der Waals surface area contributed by atoms with Crippen molar-refractivity contribution in [1.82, 2.24) is 0 Å². The molecule has 0 heterocycles. The summed E-state index contributed by atoms with van der Waals surface area (Å²) < 4.78 is 0. The molecule has 0 spiro atoms. The lowest BCUT2D eigenvalue weighted by molar-refractivity contribution is 0.112. The maximum Gasteiger partial charge on any atom is 0.151 e. The first-order chi connectivity index (χ1) is 6.88. The van der Waals surface area contributed by atoms with Crippen LogP contribution in [0, 0.1) is 11.8 Å². The Hall–Kier alpha value is -1.85. The molecule has 2 nitrogen and oxygen atoms in total. The van der Waals surface area contributed by atoms with Crippen LogP contribution in [0.4, 0.5) is 0 Å². The van der Waals surface area contributed by atoms with Gasteiger partial charge in [-0.3, -0.25) is 4.79 Å². The first-order valence-corrected chi connectivity index (χ1v) is 4.20. The van der Waals surface area contributed by atoms with E-state index >= 15 is 0 Å². The Balaban J connectivity index is 2.88. The van der Waals surface area contributed by atoms with Crippen LogP contribution in [0.3, 0.4) is 0 Å². The van der Waals surface area contributed by atoms with Crippen LogP contribution >= 0.6 is 0 Å². The summed E-state index contributed by atoms with van der Waals surface area (Å²) in [6.07, 6.45) is 3.87. The molecule has 1 N–H and O–H groups in total. The Morgan fingerprint density at radius 3 is 2.86 bits per heavy atom. The van der Waals surface area contributed by atoms with Crippen molar-refractivity contribution in [3.05, 3.63) is 47.5 Å². The van der Waals surface area contributed by atoms with E-state index in [4.69, 9.17) is 5.11 Å². The van der Waals surface area contributed by atoms with Crippen molar-refractivity contribution < 1.29 is 9.90 Å². The molecule has 0 bridgehead atoms. The molecule has 1 aromatic rings. The standard InChI is InChI=1S/C12H10O2/c13-9-5-1-2-6-11-7-3-4-8-12(11)10-14/h1,3-5,7-8,10,13H,9H2/b5-1+. The van der Waals surface area contributed by atoms with E-state index < -0.39 is 0 Å². The molecule has 0 saturated heterocycles. The molecule has 0 unspecified atom stereocenters. The smallest absolute Gasteiger partial charge is 0.151 e. The van der Waals surface area contributed by atoms with Gasteiger partial charge in [-0.05, 0) is 12.1 Å². The van der Waals surface area contributed by atoms with Gasteiger partial charge >= 0.3 is 0 Å². The minimum absolute atomic E-state index is 0.0238. The summed E-state index contributed by atoms with van der Waals surface area (Å²) in [5.74, 6) is 5.55. The van der Waals surface area contributed by atoms with Crippen molar-refractivity contribution in [1.29, 1.82) is 0 Å². The van der Waals surface area contributed by atoms with Gasteiger partial charge in [0.05, 0.1) is 6.61 Å². The molecular formula is C12H10O2. The van der Waals surface area contributed by atoms with Crippen molar-refractivity contribution in [3.8, 4) is 11.8 Å². The number of aliphatic hydroxyl groups is 1. The van der Waals surface area contributed by atoms with E-state index in [1.54, 1.807) is 24.3 Å². The van der Waals surface area contributed by atoms with Crippen molar-refractivity contribution >= 4 is 6.29 Å². The lowest BCUT2D eigenvalue weighted by Gasteiger charge is -1.92. The lowest BCUT2D eigenvalue weighted by Crippen LogP contribution is -1.84. The highest BCUT2D eigenvalue weighted by atomic mass is 16.2. The molecule has 0 aliphatic carbocycles. The van der Waals surface area contributed by atoms with E-state index in [1.165, 1.54) is 6.08 Å². The molecule has 0 aromatic heterocycles. The SMILES string of the molecule is O=Cc1ccccc1C#C/C=C/CO. The summed E-state index contributed by atoms with van der Waals surface area (Å²) in [4.78, 5) is 10.6. The predicted molar refractivity (Wildman–Crippen MR) is 54.9 cm³/mol. The van der Waals surface area contributed by atoms with Gasteiger partial charge in [0.15, 0.2) is 6.29 Å². The topological polar surface area (TPSA) is 37.3 Å². The number of benzene rings is 1. The molecule has 70 valence electrons. The normalized spacial score (nSPS) is 9.50. The third-order valence-electron chi connectivity index (χ3n) is 1.60. The fraction of sp³-hybridized carbons (Fsp3) is 0.0833. The van der Waals surface area contributed by atoms with Crippen molar-refractivity contribution in [2.45, 2.75) is 0 Å². The van der Waals surface area contributed by atoms with Crippen LogP contribution < -0.4 is 0 Å². The molecule has 0 amide bonds. The molecule has 0 aliphatic heterocycles. The van der Waals surface area contributed by atoms with Crippen molar-refractivity contribution in [2.24, 2.45) is 0 Å². The van der Waals surface area contributed by atoms with Gasteiger partial charge in [-0.1, -0.05) is 36.1 Å². The zero-order valence-electron chi connectivity index (χ0n) is 7.60. The van der Waals surface area contributed by atoms with Gasteiger partial charge in [0.2, 0.25) is 0 Å². The number of hydrogen-bond donors (Lipinski definition) is 1. The van der Waals surface area contributed by atoms with E-state index in [1.807, 2.05) is 6.07 Å². The average molecular weight is 186 g/mol. The molecule has 0 fully saturated rings. The molecule has 1 aromatic carbocycles. The van der Waals surface area contributed by atoms with Crippen LogP contribution in [0.25, 0.3) is 0 Å².